The number of benzene rings is 3. The van der Waals surface area contributed by atoms with Gasteiger partial charge in [-0.05, 0) is 61.5 Å². The van der Waals surface area contributed by atoms with Crippen LogP contribution in [-0.4, -0.2) is 24.7 Å². The van der Waals surface area contributed by atoms with Crippen molar-refractivity contribution in [3.05, 3.63) is 115 Å². The van der Waals surface area contributed by atoms with Crippen LogP contribution in [0.5, 0.6) is 5.75 Å². The van der Waals surface area contributed by atoms with Crippen molar-refractivity contribution in [2.45, 2.75) is 6.92 Å². The van der Waals surface area contributed by atoms with Gasteiger partial charge in [0.15, 0.2) is 5.65 Å². The van der Waals surface area contributed by atoms with Crippen LogP contribution in [0, 0.1) is 18.6 Å². The molecule has 0 amide bonds. The highest BCUT2D eigenvalue weighted by Gasteiger charge is 2.21. The van der Waals surface area contributed by atoms with Gasteiger partial charge in [0.1, 0.15) is 17.4 Å². The van der Waals surface area contributed by atoms with Crippen LogP contribution >= 0.6 is 0 Å². The van der Waals surface area contributed by atoms with Crippen LogP contribution in [0.15, 0.2) is 97.2 Å². The molecule has 0 aliphatic rings. The van der Waals surface area contributed by atoms with Crippen LogP contribution in [0.3, 0.4) is 0 Å². The molecule has 6 rings (SSSR count). The largest absolute Gasteiger partial charge is 0.508 e. The van der Waals surface area contributed by atoms with E-state index in [4.69, 9.17) is 4.98 Å². The molecule has 0 spiro atoms. The molecule has 0 bridgehead atoms. The number of aromatic nitrogens is 4. The quantitative estimate of drug-likeness (QED) is 0.287. The summed E-state index contributed by atoms with van der Waals surface area (Å²) in [5.41, 5.74) is 6.38. The molecule has 3 heterocycles. The molecule has 0 saturated heterocycles. The average Bonchev–Trinajstić information content (AvgIpc) is 3.25. The summed E-state index contributed by atoms with van der Waals surface area (Å²) < 4.78 is 30.2. The minimum Gasteiger partial charge on any atom is -0.508 e. The molecule has 0 radical (unpaired) electrons. The maximum atomic E-state index is 14.9. The summed E-state index contributed by atoms with van der Waals surface area (Å²) in [5, 5.41) is 14.5. The summed E-state index contributed by atoms with van der Waals surface area (Å²) in [6.45, 7) is 1.77. The number of phenolic OH excluding ortho intramolecular Hbond substituents is 1. The highest BCUT2D eigenvalue weighted by atomic mass is 19.1. The smallest absolute Gasteiger partial charge is 0.164 e. The summed E-state index contributed by atoms with van der Waals surface area (Å²) in [5.74, 6) is -1.20. The predicted molar refractivity (Wildman–Crippen MR) is 139 cm³/mol. The summed E-state index contributed by atoms with van der Waals surface area (Å²) >= 11 is 0. The van der Waals surface area contributed by atoms with E-state index in [1.807, 2.05) is 48.5 Å². The number of halogens is 2. The Bertz CT molecular complexity index is 1750. The predicted octanol–water partition coefficient (Wildman–Crippen LogP) is 7.08. The third-order valence-corrected chi connectivity index (χ3v) is 6.26. The molecule has 3 aromatic heterocycles. The number of hydrogen-bond acceptors (Lipinski definition) is 4. The molecule has 0 atom stereocenters. The topological polar surface area (TPSA) is 63.3 Å². The van der Waals surface area contributed by atoms with E-state index in [1.54, 1.807) is 41.9 Å². The van der Waals surface area contributed by atoms with Crippen molar-refractivity contribution in [2.75, 3.05) is 0 Å². The Morgan fingerprint density at radius 2 is 1.51 bits per heavy atom. The van der Waals surface area contributed by atoms with Gasteiger partial charge in [-0.1, -0.05) is 30.3 Å². The van der Waals surface area contributed by atoms with Gasteiger partial charge in [-0.25, -0.2) is 18.3 Å². The Hall–Kier alpha value is -4.91. The third kappa shape index (κ3) is 4.10. The van der Waals surface area contributed by atoms with E-state index in [0.717, 1.165) is 28.5 Å². The van der Waals surface area contributed by atoms with E-state index >= 15 is 0 Å². The van der Waals surface area contributed by atoms with Crippen LogP contribution in [0.4, 0.5) is 8.78 Å². The first-order valence-electron chi connectivity index (χ1n) is 11.6. The van der Waals surface area contributed by atoms with E-state index in [0.29, 0.717) is 28.3 Å². The Kier molecular flexibility index (Phi) is 5.45. The zero-order valence-electron chi connectivity index (χ0n) is 19.7. The van der Waals surface area contributed by atoms with Crippen LogP contribution < -0.4 is 0 Å². The van der Waals surface area contributed by atoms with Gasteiger partial charge >= 0.3 is 0 Å². The molecule has 0 fully saturated rings. The summed E-state index contributed by atoms with van der Waals surface area (Å²) in [6.07, 6.45) is 1.75. The van der Waals surface area contributed by atoms with Crippen molar-refractivity contribution in [2.24, 2.45) is 0 Å². The van der Waals surface area contributed by atoms with Gasteiger partial charge in [-0.15, -0.1) is 0 Å². The van der Waals surface area contributed by atoms with E-state index < -0.39 is 11.6 Å². The fourth-order valence-electron chi connectivity index (χ4n) is 4.44. The molecule has 1 N–H and O–H groups in total. The van der Waals surface area contributed by atoms with Gasteiger partial charge in [-0.2, -0.15) is 5.10 Å². The maximum absolute atomic E-state index is 14.9. The minimum atomic E-state index is -0.690. The first-order chi connectivity index (χ1) is 18.0. The highest BCUT2D eigenvalue weighted by Crippen LogP contribution is 2.35. The van der Waals surface area contributed by atoms with Gasteiger partial charge in [0.25, 0.3) is 0 Å². The normalized spacial score (nSPS) is 11.2. The number of aryl methyl sites for hydroxylation is 1. The highest BCUT2D eigenvalue weighted by molar-refractivity contribution is 5.84. The molecule has 0 aliphatic heterocycles. The lowest BCUT2D eigenvalue weighted by molar-refractivity contribution is 0.475. The number of nitrogens with zero attached hydrogens (tertiary/aromatic N) is 4. The zero-order chi connectivity index (χ0) is 25.5. The van der Waals surface area contributed by atoms with E-state index in [1.165, 1.54) is 12.1 Å². The van der Waals surface area contributed by atoms with Gasteiger partial charge in [0.05, 0.1) is 28.3 Å². The number of aromatic hydroxyl groups is 1. The number of pyridine rings is 1. The van der Waals surface area contributed by atoms with Crippen molar-refractivity contribution in [1.29, 1.82) is 0 Å². The number of fused-ring (bicyclic) bond motifs is 1. The Morgan fingerprint density at radius 1 is 0.757 bits per heavy atom. The number of rotatable bonds is 4. The minimum absolute atomic E-state index is 0.140. The molecule has 37 heavy (non-hydrogen) atoms. The van der Waals surface area contributed by atoms with Gasteiger partial charge in [0, 0.05) is 34.5 Å². The molecule has 0 saturated carbocycles. The Balaban J connectivity index is 1.58. The molecular weight excluding hydrogens is 470 g/mol. The van der Waals surface area contributed by atoms with Gasteiger partial charge < -0.3 is 5.11 Å². The number of phenols is 1. The molecule has 0 aliphatic carbocycles. The van der Waals surface area contributed by atoms with Crippen LogP contribution in [0.1, 0.15) is 5.69 Å². The lowest BCUT2D eigenvalue weighted by Crippen LogP contribution is -1.99. The molecule has 5 nitrogen and oxygen atoms in total. The summed E-state index contributed by atoms with van der Waals surface area (Å²) in [6, 6.07) is 25.8. The van der Waals surface area contributed by atoms with E-state index in [-0.39, 0.29) is 11.3 Å². The SMILES string of the molecule is Cc1nn2c(-c3ccc(O)cc3)cc(-c3ccc(-c4ccccc4)nc3)nc2c1-c1ccc(F)cc1F. The van der Waals surface area contributed by atoms with Crippen LogP contribution in [-0.2, 0) is 0 Å². The molecular formula is C30H20F2N4O. The van der Waals surface area contributed by atoms with E-state index in [9.17, 15) is 13.9 Å². The fraction of sp³-hybridized carbons (Fsp3) is 0.0333. The van der Waals surface area contributed by atoms with Crippen molar-refractivity contribution in [3.63, 3.8) is 0 Å². The number of hydrogen-bond donors (Lipinski definition) is 1. The third-order valence-electron chi connectivity index (χ3n) is 6.26. The monoisotopic (exact) mass is 490 g/mol. The van der Waals surface area contributed by atoms with Crippen molar-refractivity contribution in [3.8, 4) is 50.6 Å². The Labute approximate surface area is 211 Å². The second kappa shape index (κ2) is 8.95. The molecule has 0 unspecified atom stereocenters. The van der Waals surface area contributed by atoms with Gasteiger partial charge in [-0.3, -0.25) is 4.98 Å². The fourth-order valence-corrected chi connectivity index (χ4v) is 4.44. The second-order valence-electron chi connectivity index (χ2n) is 8.69. The van der Waals surface area contributed by atoms with E-state index in [2.05, 4.69) is 10.1 Å². The summed E-state index contributed by atoms with van der Waals surface area (Å²) in [7, 11) is 0. The first-order valence-corrected chi connectivity index (χ1v) is 11.6. The molecule has 6 aromatic rings. The van der Waals surface area contributed by atoms with Crippen molar-refractivity contribution in [1.82, 2.24) is 19.6 Å². The Morgan fingerprint density at radius 3 is 2.22 bits per heavy atom. The average molecular weight is 491 g/mol. The van der Waals surface area contributed by atoms with Crippen LogP contribution in [0.25, 0.3) is 50.5 Å². The molecule has 180 valence electrons. The lowest BCUT2D eigenvalue weighted by Gasteiger charge is -2.10. The first kappa shape index (κ1) is 22.5. The molecule has 7 heteroatoms. The summed E-state index contributed by atoms with van der Waals surface area (Å²) in [4.78, 5) is 9.49. The van der Waals surface area contributed by atoms with Crippen molar-refractivity contribution >= 4 is 5.65 Å². The standard InChI is InChI=1S/C30H20F2N4O/c1-18-29(24-13-10-22(31)15-25(24)32)30-34-27(16-28(36(30)35-18)20-7-11-23(37)12-8-20)21-9-14-26(33-17-21)19-5-3-2-4-6-19/h2-17,37H,1H3. The molecule has 3 aromatic carbocycles. The van der Waals surface area contributed by atoms with Crippen LogP contribution in [0.2, 0.25) is 0 Å². The zero-order valence-corrected chi connectivity index (χ0v) is 19.7. The van der Waals surface area contributed by atoms with Gasteiger partial charge in [0.2, 0.25) is 0 Å². The second-order valence-corrected chi connectivity index (χ2v) is 8.69. The van der Waals surface area contributed by atoms with Crippen molar-refractivity contribution < 1.29 is 13.9 Å². The lowest BCUT2D eigenvalue weighted by atomic mass is 10.0. The maximum Gasteiger partial charge on any atom is 0.164 e.